The molecule has 1 aromatic heterocycles. The molecule has 0 aliphatic rings. The second kappa shape index (κ2) is 5.67. The molecule has 4 nitrogen and oxygen atoms in total. The van der Waals surface area contributed by atoms with Gasteiger partial charge in [-0.25, -0.2) is 0 Å². The minimum absolute atomic E-state index is 0.702. The highest BCUT2D eigenvalue weighted by molar-refractivity contribution is 6.30. The second-order valence-corrected chi connectivity index (χ2v) is 4.62. The molecule has 0 saturated carbocycles. The summed E-state index contributed by atoms with van der Waals surface area (Å²) in [5, 5.41) is 4.88. The van der Waals surface area contributed by atoms with Crippen LogP contribution in [0, 0.1) is 0 Å². The molecular formula is C15H11ClN4. The van der Waals surface area contributed by atoms with Gasteiger partial charge in [-0.1, -0.05) is 17.7 Å². The van der Waals surface area contributed by atoms with Crippen LogP contribution in [0.25, 0.3) is 11.0 Å². The standard InChI is InChI=1S/C15H11ClN4/c16-12-2-4-13(5-3-12)20-19-10-11-1-6-14-15(9-11)18-8-7-17-14/h1-10,20H/b19-10+. The van der Waals surface area contributed by atoms with Crippen LogP contribution in [0.15, 0.2) is 60.0 Å². The lowest BCUT2D eigenvalue weighted by atomic mass is 10.2. The molecule has 0 bridgehead atoms. The predicted octanol–water partition coefficient (Wildman–Crippen LogP) is 3.73. The van der Waals surface area contributed by atoms with E-state index in [1.807, 2.05) is 42.5 Å². The van der Waals surface area contributed by atoms with Crippen LogP contribution < -0.4 is 5.43 Å². The van der Waals surface area contributed by atoms with Crippen molar-refractivity contribution in [2.45, 2.75) is 0 Å². The van der Waals surface area contributed by atoms with E-state index in [1.165, 1.54) is 0 Å². The van der Waals surface area contributed by atoms with Crippen LogP contribution in [0.5, 0.6) is 0 Å². The summed E-state index contributed by atoms with van der Waals surface area (Å²) in [7, 11) is 0. The quantitative estimate of drug-likeness (QED) is 0.588. The first-order valence-corrected chi connectivity index (χ1v) is 6.44. The molecule has 1 N–H and O–H groups in total. The zero-order valence-corrected chi connectivity index (χ0v) is 11.2. The van der Waals surface area contributed by atoms with Gasteiger partial charge in [-0.05, 0) is 42.0 Å². The fourth-order valence-corrected chi connectivity index (χ4v) is 1.89. The van der Waals surface area contributed by atoms with Gasteiger partial charge in [0.1, 0.15) is 0 Å². The van der Waals surface area contributed by atoms with Gasteiger partial charge in [-0.3, -0.25) is 15.4 Å². The molecule has 0 unspecified atom stereocenters. The van der Waals surface area contributed by atoms with Crippen molar-refractivity contribution in [1.82, 2.24) is 9.97 Å². The van der Waals surface area contributed by atoms with E-state index in [2.05, 4.69) is 20.5 Å². The zero-order valence-electron chi connectivity index (χ0n) is 10.5. The van der Waals surface area contributed by atoms with Crippen LogP contribution in [-0.4, -0.2) is 16.2 Å². The van der Waals surface area contributed by atoms with Crippen molar-refractivity contribution >= 4 is 34.5 Å². The topological polar surface area (TPSA) is 50.2 Å². The van der Waals surface area contributed by atoms with E-state index in [-0.39, 0.29) is 0 Å². The fraction of sp³-hybridized carbons (Fsp3) is 0. The van der Waals surface area contributed by atoms with Crippen LogP contribution in [0.3, 0.4) is 0 Å². The van der Waals surface area contributed by atoms with Crippen molar-refractivity contribution in [2.75, 3.05) is 5.43 Å². The van der Waals surface area contributed by atoms with Gasteiger partial charge in [0.05, 0.1) is 22.9 Å². The zero-order chi connectivity index (χ0) is 13.8. The first kappa shape index (κ1) is 12.6. The third-order valence-electron chi connectivity index (χ3n) is 2.74. The van der Waals surface area contributed by atoms with Crippen molar-refractivity contribution < 1.29 is 0 Å². The number of rotatable bonds is 3. The molecule has 20 heavy (non-hydrogen) atoms. The van der Waals surface area contributed by atoms with Crippen LogP contribution in [0.1, 0.15) is 5.56 Å². The molecule has 0 aliphatic carbocycles. The summed E-state index contributed by atoms with van der Waals surface area (Å²) >= 11 is 5.82. The number of aromatic nitrogens is 2. The first-order valence-electron chi connectivity index (χ1n) is 6.07. The number of anilines is 1. The Labute approximate surface area is 121 Å². The Morgan fingerprint density at radius 2 is 1.70 bits per heavy atom. The van der Waals surface area contributed by atoms with Crippen molar-refractivity contribution in [2.24, 2.45) is 5.10 Å². The fourth-order valence-electron chi connectivity index (χ4n) is 1.77. The van der Waals surface area contributed by atoms with E-state index in [9.17, 15) is 0 Å². The largest absolute Gasteiger partial charge is 0.279 e. The molecule has 2 aromatic carbocycles. The summed E-state index contributed by atoms with van der Waals surface area (Å²) in [6.07, 6.45) is 5.09. The minimum atomic E-state index is 0.702. The van der Waals surface area contributed by atoms with Crippen LogP contribution >= 0.6 is 11.6 Å². The molecule has 0 saturated heterocycles. The lowest BCUT2D eigenvalue weighted by Crippen LogP contribution is -1.91. The van der Waals surface area contributed by atoms with Crippen LogP contribution in [0.4, 0.5) is 5.69 Å². The number of hydrazone groups is 1. The van der Waals surface area contributed by atoms with Gasteiger partial charge in [-0.2, -0.15) is 5.10 Å². The second-order valence-electron chi connectivity index (χ2n) is 4.18. The van der Waals surface area contributed by atoms with Crippen LogP contribution in [0.2, 0.25) is 5.02 Å². The minimum Gasteiger partial charge on any atom is -0.279 e. The Balaban J connectivity index is 1.75. The number of hydrogen-bond acceptors (Lipinski definition) is 4. The van der Waals surface area contributed by atoms with Crippen molar-refractivity contribution in [3.63, 3.8) is 0 Å². The van der Waals surface area contributed by atoms with Gasteiger partial charge in [0, 0.05) is 17.4 Å². The van der Waals surface area contributed by atoms with Crippen molar-refractivity contribution in [3.8, 4) is 0 Å². The third-order valence-corrected chi connectivity index (χ3v) is 3.00. The van der Waals surface area contributed by atoms with E-state index in [0.717, 1.165) is 22.3 Å². The maximum Gasteiger partial charge on any atom is 0.0893 e. The molecule has 0 aliphatic heterocycles. The van der Waals surface area contributed by atoms with E-state index in [1.54, 1.807) is 18.6 Å². The summed E-state index contributed by atoms with van der Waals surface area (Å²) in [6.45, 7) is 0. The van der Waals surface area contributed by atoms with Gasteiger partial charge in [0.25, 0.3) is 0 Å². The Bertz CT molecular complexity index is 753. The lowest BCUT2D eigenvalue weighted by molar-refractivity contribution is 1.29. The highest BCUT2D eigenvalue weighted by Crippen LogP contribution is 2.13. The SMILES string of the molecule is Clc1ccc(N/N=C/c2ccc3nccnc3c2)cc1. The Morgan fingerprint density at radius 1 is 0.950 bits per heavy atom. The average molecular weight is 283 g/mol. The van der Waals surface area contributed by atoms with Gasteiger partial charge in [0.15, 0.2) is 0 Å². The summed E-state index contributed by atoms with van der Waals surface area (Å²) in [5.74, 6) is 0. The van der Waals surface area contributed by atoms with Gasteiger partial charge >= 0.3 is 0 Å². The summed E-state index contributed by atoms with van der Waals surface area (Å²) in [6, 6.07) is 13.2. The molecule has 0 atom stereocenters. The van der Waals surface area contributed by atoms with Gasteiger partial charge in [-0.15, -0.1) is 0 Å². The maximum absolute atomic E-state index is 5.82. The Hall–Kier alpha value is -2.46. The number of nitrogens with one attached hydrogen (secondary N) is 1. The lowest BCUT2D eigenvalue weighted by Gasteiger charge is -2.00. The highest BCUT2D eigenvalue weighted by Gasteiger charge is 1.96. The smallest absolute Gasteiger partial charge is 0.0893 e. The van der Waals surface area contributed by atoms with Crippen molar-refractivity contribution in [1.29, 1.82) is 0 Å². The van der Waals surface area contributed by atoms with Gasteiger partial charge < -0.3 is 0 Å². The van der Waals surface area contributed by atoms with Crippen molar-refractivity contribution in [3.05, 3.63) is 65.4 Å². The molecule has 98 valence electrons. The first-order chi connectivity index (χ1) is 9.81. The number of hydrogen-bond donors (Lipinski definition) is 1. The molecule has 5 heteroatoms. The molecule has 0 amide bonds. The monoisotopic (exact) mass is 282 g/mol. The number of halogens is 1. The normalized spacial score (nSPS) is 11.1. The van der Waals surface area contributed by atoms with E-state index in [0.29, 0.717) is 5.02 Å². The summed E-state index contributed by atoms with van der Waals surface area (Å²) in [4.78, 5) is 8.48. The van der Waals surface area contributed by atoms with Crippen LogP contribution in [-0.2, 0) is 0 Å². The number of nitrogens with zero attached hydrogens (tertiary/aromatic N) is 3. The molecule has 0 fully saturated rings. The van der Waals surface area contributed by atoms with E-state index in [4.69, 9.17) is 11.6 Å². The average Bonchev–Trinajstić information content (AvgIpc) is 2.49. The van der Waals surface area contributed by atoms with E-state index >= 15 is 0 Å². The number of benzene rings is 2. The molecule has 3 aromatic rings. The van der Waals surface area contributed by atoms with Gasteiger partial charge in [0.2, 0.25) is 0 Å². The summed E-state index contributed by atoms with van der Waals surface area (Å²) in [5.41, 5.74) is 6.50. The molecule has 3 rings (SSSR count). The maximum atomic E-state index is 5.82. The Kier molecular flexibility index (Phi) is 3.56. The third kappa shape index (κ3) is 2.92. The molecule has 0 spiro atoms. The highest BCUT2D eigenvalue weighted by atomic mass is 35.5. The Morgan fingerprint density at radius 3 is 2.50 bits per heavy atom. The number of fused-ring (bicyclic) bond motifs is 1. The molecule has 0 radical (unpaired) electrons. The molecular weight excluding hydrogens is 272 g/mol. The summed E-state index contributed by atoms with van der Waals surface area (Å²) < 4.78 is 0. The molecule has 1 heterocycles. The van der Waals surface area contributed by atoms with E-state index < -0.39 is 0 Å². The predicted molar refractivity (Wildman–Crippen MR) is 82.2 cm³/mol.